The highest BCUT2D eigenvalue weighted by Crippen LogP contribution is 2.49. The predicted molar refractivity (Wildman–Crippen MR) is 59.5 cm³/mol. The van der Waals surface area contributed by atoms with Crippen molar-refractivity contribution in [2.75, 3.05) is 0 Å². The summed E-state index contributed by atoms with van der Waals surface area (Å²) in [6, 6.07) is 0. The number of halogens is 1. The van der Waals surface area contributed by atoms with E-state index < -0.39 is 5.60 Å². The lowest BCUT2D eigenvalue weighted by Gasteiger charge is -2.48. The van der Waals surface area contributed by atoms with Gasteiger partial charge in [0.2, 0.25) is 0 Å². The highest BCUT2D eigenvalue weighted by Gasteiger charge is 2.47. The first kappa shape index (κ1) is 10.5. The molecular formula is C12H19ClO. The van der Waals surface area contributed by atoms with E-state index in [-0.39, 0.29) is 5.38 Å². The van der Waals surface area contributed by atoms with Gasteiger partial charge in [0, 0.05) is 0 Å². The van der Waals surface area contributed by atoms with Gasteiger partial charge in [-0.25, -0.2) is 0 Å². The third kappa shape index (κ3) is 1.61. The molecule has 2 aliphatic rings. The Labute approximate surface area is 91.1 Å². The van der Waals surface area contributed by atoms with Crippen molar-refractivity contribution in [1.29, 1.82) is 0 Å². The fourth-order valence-corrected chi connectivity index (χ4v) is 3.65. The second kappa shape index (κ2) is 3.53. The summed E-state index contributed by atoms with van der Waals surface area (Å²) in [6.07, 6.45) is 5.48. The normalized spacial score (nSPS) is 48.8. The molecule has 2 saturated carbocycles. The van der Waals surface area contributed by atoms with Gasteiger partial charge in [-0.1, -0.05) is 25.0 Å². The minimum atomic E-state index is -0.562. The standard InChI is InChI=1S/C12H19ClO/c1-8-7-12(2,14)10-6-4-3-5-9(10)11(8)13/h9-11,14H,1,3-7H2,2H3. The molecule has 0 amide bonds. The molecule has 0 aromatic rings. The van der Waals surface area contributed by atoms with Crippen LogP contribution in [0.3, 0.4) is 0 Å². The molecule has 2 aliphatic carbocycles. The largest absolute Gasteiger partial charge is 0.390 e. The lowest BCUT2D eigenvalue weighted by atomic mass is 9.62. The van der Waals surface area contributed by atoms with E-state index >= 15 is 0 Å². The monoisotopic (exact) mass is 214 g/mol. The van der Waals surface area contributed by atoms with Gasteiger partial charge in [0.15, 0.2) is 0 Å². The van der Waals surface area contributed by atoms with Crippen molar-refractivity contribution in [2.45, 2.75) is 50.0 Å². The van der Waals surface area contributed by atoms with Gasteiger partial charge in [-0.05, 0) is 38.0 Å². The first-order valence-electron chi connectivity index (χ1n) is 5.56. The zero-order chi connectivity index (χ0) is 10.3. The molecule has 80 valence electrons. The van der Waals surface area contributed by atoms with Gasteiger partial charge in [0.25, 0.3) is 0 Å². The molecule has 2 heteroatoms. The van der Waals surface area contributed by atoms with E-state index in [4.69, 9.17) is 11.6 Å². The third-order valence-corrected chi connectivity index (χ3v) is 4.60. The molecule has 0 bridgehead atoms. The van der Waals surface area contributed by atoms with Crippen molar-refractivity contribution >= 4 is 11.6 Å². The lowest BCUT2D eigenvalue weighted by molar-refractivity contribution is -0.0561. The lowest BCUT2D eigenvalue weighted by Crippen LogP contribution is -2.49. The van der Waals surface area contributed by atoms with Crippen LogP contribution in [-0.4, -0.2) is 16.1 Å². The number of alkyl halides is 1. The van der Waals surface area contributed by atoms with Crippen molar-refractivity contribution < 1.29 is 5.11 Å². The minimum absolute atomic E-state index is 0.0977. The van der Waals surface area contributed by atoms with Crippen molar-refractivity contribution in [1.82, 2.24) is 0 Å². The Morgan fingerprint density at radius 3 is 2.79 bits per heavy atom. The van der Waals surface area contributed by atoms with E-state index in [1.807, 2.05) is 6.92 Å². The topological polar surface area (TPSA) is 20.2 Å². The Kier molecular flexibility index (Phi) is 2.65. The van der Waals surface area contributed by atoms with E-state index in [0.29, 0.717) is 18.3 Å². The highest BCUT2D eigenvalue weighted by molar-refractivity contribution is 6.22. The Morgan fingerprint density at radius 1 is 1.43 bits per heavy atom. The number of aliphatic hydroxyl groups is 1. The second-order valence-electron chi connectivity index (χ2n) is 5.15. The first-order valence-corrected chi connectivity index (χ1v) is 6.00. The zero-order valence-corrected chi connectivity index (χ0v) is 9.56. The molecule has 1 N–H and O–H groups in total. The fraction of sp³-hybridized carbons (Fsp3) is 0.833. The van der Waals surface area contributed by atoms with Crippen LogP contribution in [0, 0.1) is 11.8 Å². The van der Waals surface area contributed by atoms with Crippen LogP contribution >= 0.6 is 11.6 Å². The minimum Gasteiger partial charge on any atom is -0.390 e. The zero-order valence-electron chi connectivity index (χ0n) is 8.80. The predicted octanol–water partition coefficient (Wildman–Crippen LogP) is 3.11. The van der Waals surface area contributed by atoms with Gasteiger partial charge in [-0.3, -0.25) is 0 Å². The van der Waals surface area contributed by atoms with Crippen LogP contribution in [0.4, 0.5) is 0 Å². The summed E-state index contributed by atoms with van der Waals surface area (Å²) in [5.74, 6) is 0.853. The maximum absolute atomic E-state index is 10.3. The Bertz CT molecular complexity index is 247. The smallest absolute Gasteiger partial charge is 0.0688 e. The summed E-state index contributed by atoms with van der Waals surface area (Å²) in [7, 11) is 0. The summed E-state index contributed by atoms with van der Waals surface area (Å²) < 4.78 is 0. The van der Waals surface area contributed by atoms with E-state index in [1.54, 1.807) is 0 Å². The molecule has 0 heterocycles. The summed E-state index contributed by atoms with van der Waals surface area (Å²) >= 11 is 6.36. The molecule has 0 aromatic carbocycles. The quantitative estimate of drug-likeness (QED) is 0.485. The van der Waals surface area contributed by atoms with Crippen LogP contribution in [0.5, 0.6) is 0 Å². The molecule has 0 aromatic heterocycles. The highest BCUT2D eigenvalue weighted by atomic mass is 35.5. The molecule has 4 atom stereocenters. The number of hydrogen-bond acceptors (Lipinski definition) is 1. The average molecular weight is 215 g/mol. The Hall–Kier alpha value is -0.0100. The SMILES string of the molecule is C=C1CC(C)(O)C2CCCCC2C1Cl. The van der Waals surface area contributed by atoms with Gasteiger partial charge in [-0.15, -0.1) is 11.6 Å². The average Bonchev–Trinajstić information content (AvgIpc) is 2.14. The fourth-order valence-electron chi connectivity index (χ4n) is 3.27. The molecule has 0 radical (unpaired) electrons. The molecule has 4 unspecified atom stereocenters. The third-order valence-electron chi connectivity index (χ3n) is 3.97. The van der Waals surface area contributed by atoms with Gasteiger partial charge in [0.1, 0.15) is 0 Å². The van der Waals surface area contributed by atoms with E-state index in [0.717, 1.165) is 18.4 Å². The number of hydrogen-bond donors (Lipinski definition) is 1. The van der Waals surface area contributed by atoms with Crippen LogP contribution < -0.4 is 0 Å². The van der Waals surface area contributed by atoms with Gasteiger partial charge in [-0.2, -0.15) is 0 Å². The first-order chi connectivity index (χ1) is 6.52. The van der Waals surface area contributed by atoms with Crippen LogP contribution in [-0.2, 0) is 0 Å². The molecule has 14 heavy (non-hydrogen) atoms. The van der Waals surface area contributed by atoms with Crippen molar-refractivity contribution in [3.63, 3.8) is 0 Å². The molecular weight excluding hydrogens is 196 g/mol. The Balaban J connectivity index is 2.24. The summed E-state index contributed by atoms with van der Waals surface area (Å²) in [5, 5.41) is 10.4. The molecule has 0 aliphatic heterocycles. The van der Waals surface area contributed by atoms with Crippen molar-refractivity contribution in [3.8, 4) is 0 Å². The maximum Gasteiger partial charge on any atom is 0.0688 e. The summed E-state index contributed by atoms with van der Waals surface area (Å²) in [4.78, 5) is 0. The molecule has 0 spiro atoms. The Morgan fingerprint density at radius 2 is 2.07 bits per heavy atom. The van der Waals surface area contributed by atoms with E-state index in [2.05, 4.69) is 6.58 Å². The van der Waals surface area contributed by atoms with Crippen LogP contribution in [0.1, 0.15) is 39.0 Å². The molecule has 2 rings (SSSR count). The van der Waals surface area contributed by atoms with E-state index in [1.165, 1.54) is 12.8 Å². The molecule has 2 fully saturated rings. The number of rotatable bonds is 0. The van der Waals surface area contributed by atoms with Crippen molar-refractivity contribution in [3.05, 3.63) is 12.2 Å². The second-order valence-corrected chi connectivity index (χ2v) is 5.62. The summed E-state index contributed by atoms with van der Waals surface area (Å²) in [5.41, 5.74) is 0.466. The van der Waals surface area contributed by atoms with Crippen molar-refractivity contribution in [2.24, 2.45) is 11.8 Å². The molecule has 1 nitrogen and oxygen atoms in total. The summed E-state index contributed by atoms with van der Waals surface area (Å²) in [6.45, 7) is 5.94. The van der Waals surface area contributed by atoms with Gasteiger partial charge < -0.3 is 5.11 Å². The van der Waals surface area contributed by atoms with Crippen LogP contribution in [0.15, 0.2) is 12.2 Å². The maximum atomic E-state index is 10.3. The van der Waals surface area contributed by atoms with Gasteiger partial charge in [0.05, 0.1) is 11.0 Å². The van der Waals surface area contributed by atoms with Crippen LogP contribution in [0.2, 0.25) is 0 Å². The van der Waals surface area contributed by atoms with Gasteiger partial charge >= 0.3 is 0 Å². The number of fused-ring (bicyclic) bond motifs is 1. The molecule has 0 saturated heterocycles. The van der Waals surface area contributed by atoms with E-state index in [9.17, 15) is 5.11 Å². The van der Waals surface area contributed by atoms with Crippen LogP contribution in [0.25, 0.3) is 0 Å².